The van der Waals surface area contributed by atoms with E-state index in [0.717, 1.165) is 37.3 Å². The average Bonchev–Trinajstić information content (AvgIpc) is 3.32. The Morgan fingerprint density at radius 1 is 1.04 bits per heavy atom. The first-order valence-corrected chi connectivity index (χ1v) is 8.79. The predicted molar refractivity (Wildman–Crippen MR) is 99.4 cm³/mol. The van der Waals surface area contributed by atoms with E-state index in [4.69, 9.17) is 0 Å². The molecule has 3 aromatic rings. The van der Waals surface area contributed by atoms with Crippen LogP contribution in [0.5, 0.6) is 0 Å². The summed E-state index contributed by atoms with van der Waals surface area (Å²) in [7, 11) is 0. The Morgan fingerprint density at radius 3 is 2.59 bits per heavy atom. The number of rotatable bonds is 2. The quantitative estimate of drug-likeness (QED) is 0.723. The highest BCUT2D eigenvalue weighted by atomic mass is 19.1. The summed E-state index contributed by atoms with van der Waals surface area (Å²) in [5, 5.41) is 10.0. The number of fused-ring (bicyclic) bond motifs is 3. The lowest BCUT2D eigenvalue weighted by molar-refractivity contribution is 0.579. The smallest absolute Gasteiger partial charge is 0.144 e. The fourth-order valence-corrected chi connectivity index (χ4v) is 3.55. The van der Waals surface area contributed by atoms with Crippen LogP contribution in [0.25, 0.3) is 11.3 Å². The summed E-state index contributed by atoms with van der Waals surface area (Å²) < 4.78 is 28.6. The zero-order chi connectivity index (χ0) is 18.4. The lowest BCUT2D eigenvalue weighted by Crippen LogP contribution is -2.18. The van der Waals surface area contributed by atoms with Gasteiger partial charge in [-0.1, -0.05) is 6.07 Å². The molecule has 0 amide bonds. The topological polar surface area (TPSA) is 69.2 Å². The van der Waals surface area contributed by atoms with Crippen molar-refractivity contribution >= 4 is 23.0 Å². The zero-order valence-electron chi connectivity index (χ0n) is 14.3. The van der Waals surface area contributed by atoms with Crippen molar-refractivity contribution < 1.29 is 8.78 Å². The van der Waals surface area contributed by atoms with Crippen molar-refractivity contribution in [1.82, 2.24) is 15.2 Å². The summed E-state index contributed by atoms with van der Waals surface area (Å²) >= 11 is 0. The fourth-order valence-electron chi connectivity index (χ4n) is 3.55. The van der Waals surface area contributed by atoms with Crippen molar-refractivity contribution in [2.45, 2.75) is 12.8 Å². The highest BCUT2D eigenvalue weighted by Gasteiger charge is 2.24. The second kappa shape index (κ2) is 6.15. The maximum absolute atomic E-state index is 14.3. The Bertz CT molecular complexity index is 1030. The minimum Gasteiger partial charge on any atom is -0.357 e. The van der Waals surface area contributed by atoms with Gasteiger partial charge in [0.1, 0.15) is 23.3 Å². The minimum absolute atomic E-state index is 0.0859. The lowest BCUT2D eigenvalue weighted by atomic mass is 10.1. The van der Waals surface area contributed by atoms with Gasteiger partial charge in [-0.3, -0.25) is 5.10 Å². The molecule has 27 heavy (non-hydrogen) atoms. The molecule has 2 aromatic heterocycles. The van der Waals surface area contributed by atoms with Crippen LogP contribution in [0.1, 0.15) is 18.4 Å². The van der Waals surface area contributed by atoms with Gasteiger partial charge in [-0.25, -0.2) is 18.8 Å². The van der Waals surface area contributed by atoms with Gasteiger partial charge < -0.3 is 10.2 Å². The van der Waals surface area contributed by atoms with Gasteiger partial charge in [0.2, 0.25) is 0 Å². The zero-order valence-corrected chi connectivity index (χ0v) is 14.3. The lowest BCUT2D eigenvalue weighted by Gasteiger charge is -2.17. The standard InChI is InChI=1S/C19H16F2N6/c20-12-4-3-5-13(21)17(12)19-24-14-9-22-16(27-6-1-2-7-27)8-11(14)18-15(25-19)10-23-26-18/h3-5,8-10H,1-2,6-7H2,(H,23,26)(H,24,25). The first-order valence-electron chi connectivity index (χ1n) is 8.79. The van der Waals surface area contributed by atoms with Crippen molar-refractivity contribution in [2.24, 2.45) is 4.99 Å². The number of H-pyrrole nitrogens is 1. The molecule has 8 heteroatoms. The summed E-state index contributed by atoms with van der Waals surface area (Å²) in [6.45, 7) is 1.93. The van der Waals surface area contributed by atoms with Crippen molar-refractivity contribution in [2.75, 3.05) is 23.3 Å². The Balaban J connectivity index is 1.68. The largest absolute Gasteiger partial charge is 0.357 e. The molecule has 0 aliphatic carbocycles. The van der Waals surface area contributed by atoms with Crippen LogP contribution in [0, 0.1) is 11.6 Å². The van der Waals surface area contributed by atoms with Gasteiger partial charge >= 0.3 is 0 Å². The van der Waals surface area contributed by atoms with Gasteiger partial charge in [-0.05, 0) is 31.0 Å². The molecular formula is C19H16F2N6. The number of aromatic amines is 1. The first kappa shape index (κ1) is 15.9. The van der Waals surface area contributed by atoms with Gasteiger partial charge in [0, 0.05) is 18.7 Å². The molecule has 0 radical (unpaired) electrons. The van der Waals surface area contributed by atoms with Crippen molar-refractivity contribution in [3.8, 4) is 11.3 Å². The van der Waals surface area contributed by atoms with Crippen molar-refractivity contribution in [3.05, 3.63) is 53.9 Å². The van der Waals surface area contributed by atoms with E-state index >= 15 is 0 Å². The number of nitrogens with one attached hydrogen (secondary N) is 2. The summed E-state index contributed by atoms with van der Waals surface area (Å²) in [5.74, 6) is -0.418. The molecule has 0 atom stereocenters. The highest BCUT2D eigenvalue weighted by molar-refractivity contribution is 6.13. The molecule has 0 bridgehead atoms. The number of halogens is 2. The molecule has 6 nitrogen and oxygen atoms in total. The molecule has 0 saturated carbocycles. The third kappa shape index (κ3) is 2.64. The number of aromatic nitrogens is 3. The Labute approximate surface area is 154 Å². The third-order valence-corrected chi connectivity index (χ3v) is 4.89. The van der Waals surface area contributed by atoms with E-state index in [0.29, 0.717) is 17.1 Å². The van der Waals surface area contributed by atoms with Crippen LogP contribution in [-0.2, 0) is 0 Å². The van der Waals surface area contributed by atoms with E-state index in [9.17, 15) is 8.78 Å². The number of benzene rings is 1. The highest BCUT2D eigenvalue weighted by Crippen LogP contribution is 2.39. The predicted octanol–water partition coefficient (Wildman–Crippen LogP) is 3.85. The van der Waals surface area contributed by atoms with Crippen LogP contribution in [0.2, 0.25) is 0 Å². The van der Waals surface area contributed by atoms with Gasteiger partial charge in [-0.2, -0.15) is 5.10 Å². The molecule has 5 rings (SSSR count). The maximum Gasteiger partial charge on any atom is 0.144 e. The Hall–Kier alpha value is -3.29. The molecular weight excluding hydrogens is 350 g/mol. The van der Waals surface area contributed by atoms with Gasteiger partial charge in [0.25, 0.3) is 0 Å². The number of anilines is 2. The van der Waals surface area contributed by atoms with Crippen LogP contribution in [0.3, 0.4) is 0 Å². The van der Waals surface area contributed by atoms with Crippen LogP contribution in [0.15, 0.2) is 41.7 Å². The second-order valence-corrected chi connectivity index (χ2v) is 6.59. The summed E-state index contributed by atoms with van der Waals surface area (Å²) in [5.41, 5.74) is 2.42. The van der Waals surface area contributed by atoms with Crippen molar-refractivity contribution in [3.63, 3.8) is 0 Å². The SMILES string of the molecule is Fc1cccc(F)c1C1=Nc2cnc(N3CCCC3)cc2-c2[nH]ncc2N1. The average molecular weight is 366 g/mol. The number of nitrogens with zero attached hydrogens (tertiary/aromatic N) is 4. The molecule has 1 aromatic carbocycles. The molecule has 2 aliphatic rings. The molecule has 2 N–H and O–H groups in total. The van der Waals surface area contributed by atoms with E-state index in [1.165, 1.54) is 18.2 Å². The van der Waals surface area contributed by atoms with Crippen LogP contribution < -0.4 is 10.2 Å². The molecule has 0 unspecified atom stereocenters. The normalized spacial score (nSPS) is 15.6. The third-order valence-electron chi connectivity index (χ3n) is 4.89. The number of hydrogen-bond acceptors (Lipinski definition) is 5. The Kier molecular flexibility index (Phi) is 3.63. The molecule has 4 heterocycles. The Morgan fingerprint density at radius 2 is 1.81 bits per heavy atom. The van der Waals surface area contributed by atoms with E-state index in [1.807, 2.05) is 6.07 Å². The van der Waals surface area contributed by atoms with Crippen LogP contribution in [0.4, 0.5) is 26.0 Å². The van der Waals surface area contributed by atoms with Crippen LogP contribution >= 0.6 is 0 Å². The number of aliphatic imine (C=N–C) groups is 1. The van der Waals surface area contributed by atoms with Gasteiger partial charge in [-0.15, -0.1) is 0 Å². The minimum atomic E-state index is -0.684. The molecule has 136 valence electrons. The van der Waals surface area contributed by atoms with E-state index in [2.05, 4.69) is 30.4 Å². The number of amidine groups is 1. The fraction of sp³-hybridized carbons (Fsp3) is 0.211. The van der Waals surface area contributed by atoms with E-state index in [-0.39, 0.29) is 11.4 Å². The molecule has 2 aliphatic heterocycles. The first-order chi connectivity index (χ1) is 13.2. The number of hydrogen-bond donors (Lipinski definition) is 2. The molecule has 1 fully saturated rings. The summed E-state index contributed by atoms with van der Waals surface area (Å²) in [6.07, 6.45) is 5.50. The second-order valence-electron chi connectivity index (χ2n) is 6.59. The van der Waals surface area contributed by atoms with E-state index in [1.54, 1.807) is 12.4 Å². The van der Waals surface area contributed by atoms with E-state index < -0.39 is 11.6 Å². The summed E-state index contributed by atoms with van der Waals surface area (Å²) in [6, 6.07) is 5.69. The van der Waals surface area contributed by atoms with Gasteiger partial charge in [0.05, 0.1) is 35.0 Å². The molecule has 0 spiro atoms. The molecule has 1 saturated heterocycles. The number of pyridine rings is 1. The van der Waals surface area contributed by atoms with Crippen LogP contribution in [-0.4, -0.2) is 34.1 Å². The maximum atomic E-state index is 14.3. The monoisotopic (exact) mass is 366 g/mol. The van der Waals surface area contributed by atoms with Crippen molar-refractivity contribution in [1.29, 1.82) is 0 Å². The van der Waals surface area contributed by atoms with Gasteiger partial charge in [0.15, 0.2) is 0 Å². The summed E-state index contributed by atoms with van der Waals surface area (Å²) in [4.78, 5) is 11.2.